The van der Waals surface area contributed by atoms with Crippen LogP contribution in [-0.4, -0.2) is 11.6 Å². The molecule has 27 heavy (non-hydrogen) atoms. The summed E-state index contributed by atoms with van der Waals surface area (Å²) in [5, 5.41) is 8.91. The molecule has 130 valence electrons. The maximum atomic E-state index is 13.1. The minimum absolute atomic E-state index is 0.00401. The van der Waals surface area contributed by atoms with Crippen LogP contribution in [-0.2, 0) is 16.0 Å². The number of carbonyl (C=O) groups is 2. The van der Waals surface area contributed by atoms with E-state index in [9.17, 15) is 9.59 Å². The van der Waals surface area contributed by atoms with Crippen molar-refractivity contribution in [3.8, 4) is 6.07 Å². The first-order valence-electron chi connectivity index (χ1n) is 8.82. The quantitative estimate of drug-likeness (QED) is 0.771. The summed E-state index contributed by atoms with van der Waals surface area (Å²) in [6.45, 7) is 7.62. The molecule has 0 aromatic heterocycles. The fourth-order valence-corrected chi connectivity index (χ4v) is 4.01. The van der Waals surface area contributed by atoms with Crippen LogP contribution < -0.4 is 0 Å². The Balaban J connectivity index is 1.67. The van der Waals surface area contributed by atoms with Gasteiger partial charge in [-0.2, -0.15) is 5.26 Å². The van der Waals surface area contributed by atoms with Gasteiger partial charge in [0.05, 0.1) is 11.6 Å². The van der Waals surface area contributed by atoms with Gasteiger partial charge in [0.1, 0.15) is 0 Å². The van der Waals surface area contributed by atoms with Gasteiger partial charge in [0, 0.05) is 29.1 Å². The number of ketones is 2. The molecule has 1 unspecified atom stereocenters. The Bertz CT molecular complexity index is 1140. The Labute approximate surface area is 158 Å². The Morgan fingerprint density at radius 1 is 1.30 bits per heavy atom. The van der Waals surface area contributed by atoms with Crippen molar-refractivity contribution in [2.45, 2.75) is 20.3 Å². The lowest BCUT2D eigenvalue weighted by Gasteiger charge is -2.17. The summed E-state index contributed by atoms with van der Waals surface area (Å²) in [5.41, 5.74) is 10.2. The number of carbonyl (C=O) groups excluding carboxylic acids is 2. The topological polar surface area (TPSA) is 57.9 Å². The maximum absolute atomic E-state index is 13.1. The number of hydrogen-bond acceptors (Lipinski definition) is 3. The molecule has 3 aliphatic carbocycles. The summed E-state index contributed by atoms with van der Waals surface area (Å²) in [6, 6.07) is 9.33. The maximum Gasteiger partial charge on any atom is 0.194 e. The van der Waals surface area contributed by atoms with Crippen molar-refractivity contribution >= 4 is 11.6 Å². The summed E-state index contributed by atoms with van der Waals surface area (Å²) in [4.78, 5) is 25.0. The van der Waals surface area contributed by atoms with Gasteiger partial charge in [0.2, 0.25) is 0 Å². The third-order valence-corrected chi connectivity index (χ3v) is 5.43. The van der Waals surface area contributed by atoms with Crippen LogP contribution >= 0.6 is 0 Å². The lowest BCUT2D eigenvalue weighted by molar-refractivity contribution is -0.113. The highest BCUT2D eigenvalue weighted by Crippen LogP contribution is 2.49. The van der Waals surface area contributed by atoms with Gasteiger partial charge in [-0.25, -0.2) is 0 Å². The fraction of sp³-hybridized carbons (Fsp3) is 0.167. The molecular weight excluding hydrogens is 334 g/mol. The fourth-order valence-electron chi connectivity index (χ4n) is 4.01. The van der Waals surface area contributed by atoms with Gasteiger partial charge in [-0.1, -0.05) is 25.6 Å². The van der Waals surface area contributed by atoms with Crippen LogP contribution in [0.3, 0.4) is 0 Å². The second-order valence-electron chi connectivity index (χ2n) is 7.05. The van der Waals surface area contributed by atoms with Crippen molar-refractivity contribution in [3.63, 3.8) is 0 Å². The van der Waals surface area contributed by atoms with Crippen LogP contribution in [0.1, 0.15) is 25.0 Å². The van der Waals surface area contributed by atoms with E-state index in [0.717, 1.165) is 27.9 Å². The molecule has 0 saturated carbocycles. The molecule has 0 heterocycles. The molecule has 0 aliphatic heterocycles. The monoisotopic (exact) mass is 351 g/mol. The summed E-state index contributed by atoms with van der Waals surface area (Å²) < 4.78 is 0. The van der Waals surface area contributed by atoms with Gasteiger partial charge < -0.3 is 0 Å². The highest BCUT2D eigenvalue weighted by molar-refractivity contribution is 6.14. The zero-order valence-electron chi connectivity index (χ0n) is 15.2. The number of rotatable bonds is 3. The number of nitriles is 1. The molecule has 3 aliphatic rings. The number of hydrogen-bond donors (Lipinski definition) is 0. The molecule has 0 amide bonds. The molecule has 0 fully saturated rings. The minimum atomic E-state index is -0.0644. The third kappa shape index (κ3) is 2.51. The molecule has 1 atom stereocenters. The number of benzene rings is 1. The van der Waals surface area contributed by atoms with E-state index in [1.807, 2.05) is 31.2 Å². The van der Waals surface area contributed by atoms with E-state index in [2.05, 4.69) is 18.4 Å². The zero-order valence-corrected chi connectivity index (χ0v) is 15.2. The lowest BCUT2D eigenvalue weighted by atomic mass is 9.84. The summed E-state index contributed by atoms with van der Waals surface area (Å²) in [5.74, 6) is -0.0679. The normalized spacial score (nSPS) is 20.4. The Kier molecular flexibility index (Phi) is 3.81. The van der Waals surface area contributed by atoms with Crippen LogP contribution in [0.5, 0.6) is 0 Å². The van der Waals surface area contributed by atoms with Gasteiger partial charge in [-0.15, -0.1) is 5.73 Å². The van der Waals surface area contributed by atoms with Crippen LogP contribution in [0.15, 0.2) is 87.7 Å². The van der Waals surface area contributed by atoms with E-state index < -0.39 is 0 Å². The minimum Gasteiger partial charge on any atom is -0.294 e. The van der Waals surface area contributed by atoms with E-state index in [1.165, 1.54) is 6.92 Å². The predicted octanol–water partition coefficient (Wildman–Crippen LogP) is 4.09. The third-order valence-electron chi connectivity index (χ3n) is 5.43. The first-order valence-corrected chi connectivity index (χ1v) is 8.82. The standard InChI is InChI=1S/C24H17NO2/c1-13-20(15(3)26)11-21-14(2)23-19(22(13)21)9-8-18(24(23)27)10-16-4-6-17(12-25)7-5-16/h4-7,9,11,14H,1,10H2,2-3H3. The highest BCUT2D eigenvalue weighted by Gasteiger charge is 2.40. The number of Topliss-reactive ketones (excluding diaryl/α,β-unsaturated/α-hetero) is 2. The smallest absolute Gasteiger partial charge is 0.194 e. The Morgan fingerprint density at radius 2 is 2.00 bits per heavy atom. The number of fused-ring (bicyclic) bond motifs is 1. The van der Waals surface area contributed by atoms with Crippen LogP contribution in [0.4, 0.5) is 0 Å². The van der Waals surface area contributed by atoms with E-state index in [0.29, 0.717) is 28.7 Å². The summed E-state index contributed by atoms with van der Waals surface area (Å²) in [6.07, 6.45) is 4.21. The van der Waals surface area contributed by atoms with Gasteiger partial charge in [-0.3, -0.25) is 9.59 Å². The first-order chi connectivity index (χ1) is 12.9. The molecule has 0 radical (unpaired) electrons. The van der Waals surface area contributed by atoms with E-state index in [-0.39, 0.29) is 17.5 Å². The lowest BCUT2D eigenvalue weighted by Crippen LogP contribution is -2.16. The van der Waals surface area contributed by atoms with Gasteiger partial charge in [0.15, 0.2) is 11.6 Å². The van der Waals surface area contributed by atoms with Crippen LogP contribution in [0, 0.1) is 17.2 Å². The molecular formula is C24H17NO2. The van der Waals surface area contributed by atoms with Crippen molar-refractivity contribution < 1.29 is 9.59 Å². The summed E-state index contributed by atoms with van der Waals surface area (Å²) in [7, 11) is 0. The van der Waals surface area contributed by atoms with E-state index in [4.69, 9.17) is 5.26 Å². The van der Waals surface area contributed by atoms with Gasteiger partial charge in [-0.05, 0) is 59.1 Å². The van der Waals surface area contributed by atoms with Crippen LogP contribution in [0.2, 0.25) is 0 Å². The van der Waals surface area contributed by atoms with Crippen molar-refractivity contribution in [1.82, 2.24) is 0 Å². The Morgan fingerprint density at radius 3 is 2.63 bits per heavy atom. The average Bonchev–Trinajstić information content (AvgIpc) is 3.14. The van der Waals surface area contributed by atoms with Gasteiger partial charge in [0.25, 0.3) is 0 Å². The largest absolute Gasteiger partial charge is 0.294 e. The van der Waals surface area contributed by atoms with E-state index in [1.54, 1.807) is 12.1 Å². The number of nitrogens with zero attached hydrogens (tertiary/aromatic N) is 1. The molecule has 1 aromatic rings. The van der Waals surface area contributed by atoms with Crippen molar-refractivity contribution in [3.05, 3.63) is 98.9 Å². The highest BCUT2D eigenvalue weighted by atomic mass is 16.1. The molecule has 0 saturated heterocycles. The van der Waals surface area contributed by atoms with Crippen molar-refractivity contribution in [2.24, 2.45) is 5.92 Å². The molecule has 3 nitrogen and oxygen atoms in total. The van der Waals surface area contributed by atoms with Crippen molar-refractivity contribution in [2.75, 3.05) is 0 Å². The molecule has 1 aromatic carbocycles. The molecule has 0 bridgehead atoms. The van der Waals surface area contributed by atoms with Gasteiger partial charge >= 0.3 is 0 Å². The molecule has 4 rings (SSSR count). The predicted molar refractivity (Wildman–Crippen MR) is 103 cm³/mol. The average molecular weight is 351 g/mol. The second kappa shape index (κ2) is 6.06. The first kappa shape index (κ1) is 17.0. The van der Waals surface area contributed by atoms with Crippen molar-refractivity contribution in [1.29, 1.82) is 5.26 Å². The van der Waals surface area contributed by atoms with Crippen LogP contribution in [0.25, 0.3) is 0 Å². The molecule has 0 spiro atoms. The molecule has 3 heteroatoms. The SMILES string of the molecule is C=C1C(C(C)=O)=CC2=C1C1=C(C(=O)C(Cc3ccc(C#N)cc3)=C=C1)C2C. The molecule has 0 N–H and O–H groups in total. The Hall–Kier alpha value is -3.47. The number of allylic oxidation sites excluding steroid dienone is 8. The van der Waals surface area contributed by atoms with E-state index >= 15 is 0 Å². The zero-order chi connectivity index (χ0) is 19.3. The summed E-state index contributed by atoms with van der Waals surface area (Å²) >= 11 is 0. The second-order valence-corrected chi connectivity index (χ2v) is 7.05.